The van der Waals surface area contributed by atoms with Gasteiger partial charge in [-0.25, -0.2) is 0 Å². The van der Waals surface area contributed by atoms with E-state index in [0.717, 1.165) is 0 Å². The Kier molecular flexibility index (Phi) is 9.43. The smallest absolute Gasteiger partial charge is 0.221 e. The summed E-state index contributed by atoms with van der Waals surface area (Å²) in [7, 11) is 0. The van der Waals surface area contributed by atoms with Crippen molar-refractivity contribution in [2.24, 2.45) is 5.92 Å². The van der Waals surface area contributed by atoms with Crippen molar-refractivity contribution in [1.82, 2.24) is 10.6 Å². The Morgan fingerprint density at radius 2 is 1.71 bits per heavy atom. The summed E-state index contributed by atoms with van der Waals surface area (Å²) >= 11 is 0. The Bertz CT molecular complexity index is 230. The van der Waals surface area contributed by atoms with Crippen LogP contribution in [0.5, 0.6) is 0 Å². The Morgan fingerprint density at radius 3 is 2.29 bits per heavy atom. The summed E-state index contributed by atoms with van der Waals surface area (Å²) in [4.78, 5) is 22.5. The molecule has 2 amide bonds. The molecule has 0 bridgehead atoms. The number of carbonyl (C=O) groups excluding carboxylic acids is 2. The highest BCUT2D eigenvalue weighted by molar-refractivity contribution is 5.78. The highest BCUT2D eigenvalue weighted by Crippen LogP contribution is 1.93. The van der Waals surface area contributed by atoms with Gasteiger partial charge in [-0.1, -0.05) is 13.8 Å². The molecule has 0 atom stereocenters. The maximum atomic E-state index is 11.3. The minimum absolute atomic E-state index is 0.0330. The number of aliphatic hydroxyl groups excluding tert-OH is 1. The molecule has 5 heteroatoms. The molecular formula is C12H24N2O3. The van der Waals surface area contributed by atoms with Crippen LogP contribution in [0, 0.1) is 5.92 Å². The van der Waals surface area contributed by atoms with Crippen molar-refractivity contribution in [3.8, 4) is 0 Å². The van der Waals surface area contributed by atoms with E-state index in [1.54, 1.807) is 0 Å². The molecule has 0 rings (SSSR count). The van der Waals surface area contributed by atoms with E-state index in [2.05, 4.69) is 10.6 Å². The van der Waals surface area contributed by atoms with Crippen LogP contribution in [0.2, 0.25) is 0 Å². The molecule has 0 heterocycles. The third-order valence-electron chi connectivity index (χ3n) is 2.19. The predicted octanol–water partition coefficient (Wildman–Crippen LogP) is 0.428. The Hall–Kier alpha value is -1.10. The fourth-order valence-corrected chi connectivity index (χ4v) is 1.21. The van der Waals surface area contributed by atoms with E-state index in [4.69, 9.17) is 5.11 Å². The minimum Gasteiger partial charge on any atom is -0.396 e. The SMILES string of the molecule is CC(C)CNC(=O)CCNC(=O)CCCCO. The zero-order valence-corrected chi connectivity index (χ0v) is 10.8. The van der Waals surface area contributed by atoms with Crippen molar-refractivity contribution in [2.45, 2.75) is 39.5 Å². The summed E-state index contributed by atoms with van der Waals surface area (Å²) in [5.74, 6) is 0.344. The van der Waals surface area contributed by atoms with Crippen LogP contribution < -0.4 is 10.6 Å². The summed E-state index contributed by atoms with van der Waals surface area (Å²) < 4.78 is 0. The van der Waals surface area contributed by atoms with Crippen LogP contribution in [0.1, 0.15) is 39.5 Å². The van der Waals surface area contributed by atoms with Crippen molar-refractivity contribution in [3.63, 3.8) is 0 Å². The molecule has 0 aliphatic heterocycles. The Balaban J connectivity index is 3.42. The average molecular weight is 244 g/mol. The van der Waals surface area contributed by atoms with E-state index in [0.29, 0.717) is 44.7 Å². The van der Waals surface area contributed by atoms with Gasteiger partial charge in [-0.05, 0) is 18.8 Å². The number of unbranched alkanes of at least 4 members (excludes halogenated alkanes) is 1. The van der Waals surface area contributed by atoms with Gasteiger partial charge in [-0.3, -0.25) is 9.59 Å². The normalized spacial score (nSPS) is 10.4. The molecule has 0 saturated heterocycles. The largest absolute Gasteiger partial charge is 0.396 e. The van der Waals surface area contributed by atoms with Gasteiger partial charge in [-0.15, -0.1) is 0 Å². The van der Waals surface area contributed by atoms with Crippen molar-refractivity contribution in [2.75, 3.05) is 19.7 Å². The summed E-state index contributed by atoms with van der Waals surface area (Å²) in [6, 6.07) is 0. The molecule has 0 aromatic rings. The van der Waals surface area contributed by atoms with Gasteiger partial charge < -0.3 is 15.7 Å². The molecule has 100 valence electrons. The molecule has 0 aliphatic rings. The first-order chi connectivity index (χ1) is 8.06. The number of amides is 2. The zero-order chi connectivity index (χ0) is 13.1. The second kappa shape index (κ2) is 10.1. The summed E-state index contributed by atoms with van der Waals surface area (Å²) in [5.41, 5.74) is 0. The molecule has 0 radical (unpaired) electrons. The topological polar surface area (TPSA) is 78.4 Å². The standard InChI is InChI=1S/C12H24N2O3/c1-10(2)9-14-12(17)6-7-13-11(16)5-3-4-8-15/h10,15H,3-9H2,1-2H3,(H,13,16)(H,14,17). The van der Waals surface area contributed by atoms with Crippen LogP contribution in [-0.2, 0) is 9.59 Å². The predicted molar refractivity (Wildman–Crippen MR) is 66.4 cm³/mol. The van der Waals surface area contributed by atoms with Crippen molar-refractivity contribution in [3.05, 3.63) is 0 Å². The van der Waals surface area contributed by atoms with E-state index in [1.807, 2.05) is 13.8 Å². The average Bonchev–Trinajstić information content (AvgIpc) is 2.27. The van der Waals surface area contributed by atoms with Crippen LogP contribution in [-0.4, -0.2) is 36.6 Å². The van der Waals surface area contributed by atoms with E-state index in [-0.39, 0.29) is 18.4 Å². The molecule has 0 spiro atoms. The van der Waals surface area contributed by atoms with Gasteiger partial charge >= 0.3 is 0 Å². The van der Waals surface area contributed by atoms with Gasteiger partial charge in [0.1, 0.15) is 0 Å². The van der Waals surface area contributed by atoms with Gasteiger partial charge in [0.25, 0.3) is 0 Å². The number of carbonyl (C=O) groups is 2. The lowest BCUT2D eigenvalue weighted by Crippen LogP contribution is -2.32. The fraction of sp³-hybridized carbons (Fsp3) is 0.833. The van der Waals surface area contributed by atoms with Crippen LogP contribution in [0.25, 0.3) is 0 Å². The maximum absolute atomic E-state index is 11.3. The van der Waals surface area contributed by atoms with E-state index >= 15 is 0 Å². The van der Waals surface area contributed by atoms with Gasteiger partial charge in [-0.2, -0.15) is 0 Å². The molecule has 0 saturated carbocycles. The van der Waals surface area contributed by atoms with Crippen LogP contribution in [0.4, 0.5) is 0 Å². The number of aliphatic hydroxyl groups is 1. The molecule has 0 fully saturated rings. The van der Waals surface area contributed by atoms with E-state index < -0.39 is 0 Å². The second-order valence-corrected chi connectivity index (χ2v) is 4.48. The van der Waals surface area contributed by atoms with Gasteiger partial charge in [0, 0.05) is 32.5 Å². The van der Waals surface area contributed by atoms with Crippen molar-refractivity contribution >= 4 is 11.8 Å². The first kappa shape index (κ1) is 15.9. The number of hydrogen-bond donors (Lipinski definition) is 3. The summed E-state index contributed by atoms with van der Waals surface area (Å²) in [5, 5.41) is 14.0. The molecule has 0 aromatic carbocycles. The lowest BCUT2D eigenvalue weighted by molar-refractivity contribution is -0.122. The monoisotopic (exact) mass is 244 g/mol. The Labute approximate surface area is 103 Å². The van der Waals surface area contributed by atoms with Crippen LogP contribution >= 0.6 is 0 Å². The molecule has 5 nitrogen and oxygen atoms in total. The van der Waals surface area contributed by atoms with Crippen LogP contribution in [0.15, 0.2) is 0 Å². The third kappa shape index (κ3) is 11.2. The lowest BCUT2D eigenvalue weighted by Gasteiger charge is -2.08. The molecule has 3 N–H and O–H groups in total. The van der Waals surface area contributed by atoms with Crippen molar-refractivity contribution in [1.29, 1.82) is 0 Å². The molecule has 0 unspecified atom stereocenters. The number of nitrogens with one attached hydrogen (secondary N) is 2. The molecule has 0 aromatic heterocycles. The van der Waals surface area contributed by atoms with E-state index in [9.17, 15) is 9.59 Å². The third-order valence-corrected chi connectivity index (χ3v) is 2.19. The van der Waals surface area contributed by atoms with Gasteiger partial charge in [0.15, 0.2) is 0 Å². The molecule has 0 aliphatic carbocycles. The van der Waals surface area contributed by atoms with Gasteiger partial charge in [0.2, 0.25) is 11.8 Å². The lowest BCUT2D eigenvalue weighted by atomic mass is 10.2. The zero-order valence-electron chi connectivity index (χ0n) is 10.8. The van der Waals surface area contributed by atoms with Crippen LogP contribution in [0.3, 0.4) is 0 Å². The van der Waals surface area contributed by atoms with Crippen molar-refractivity contribution < 1.29 is 14.7 Å². The first-order valence-corrected chi connectivity index (χ1v) is 6.20. The van der Waals surface area contributed by atoms with E-state index in [1.165, 1.54) is 0 Å². The molecule has 17 heavy (non-hydrogen) atoms. The number of hydrogen-bond acceptors (Lipinski definition) is 3. The second-order valence-electron chi connectivity index (χ2n) is 4.48. The highest BCUT2D eigenvalue weighted by atomic mass is 16.3. The quantitative estimate of drug-likeness (QED) is 0.515. The fourth-order valence-electron chi connectivity index (χ4n) is 1.21. The minimum atomic E-state index is -0.0601. The Morgan fingerprint density at radius 1 is 1.06 bits per heavy atom. The number of rotatable bonds is 9. The van der Waals surface area contributed by atoms with Gasteiger partial charge in [0.05, 0.1) is 0 Å². The highest BCUT2D eigenvalue weighted by Gasteiger charge is 2.04. The summed E-state index contributed by atoms with van der Waals surface area (Å²) in [6.07, 6.45) is 2.05. The molecular weight excluding hydrogens is 220 g/mol. The first-order valence-electron chi connectivity index (χ1n) is 6.20. The summed E-state index contributed by atoms with van der Waals surface area (Å²) in [6.45, 7) is 5.22. The maximum Gasteiger partial charge on any atom is 0.221 e.